The number of amides is 1. The first-order chi connectivity index (χ1) is 9.88. The maximum atomic E-state index is 13.5. The molecule has 0 fully saturated rings. The number of hydrogen-bond donors (Lipinski definition) is 1. The van der Waals surface area contributed by atoms with Crippen molar-refractivity contribution in [1.82, 2.24) is 4.98 Å². The van der Waals surface area contributed by atoms with Crippen molar-refractivity contribution in [2.45, 2.75) is 0 Å². The molecule has 6 nitrogen and oxygen atoms in total. The molecule has 108 valence electrons. The van der Waals surface area contributed by atoms with E-state index in [1.165, 1.54) is 6.07 Å². The molecule has 0 atom stereocenters. The highest BCUT2D eigenvalue weighted by Crippen LogP contribution is 2.24. The number of pyridine rings is 1. The van der Waals surface area contributed by atoms with Gasteiger partial charge in [-0.2, -0.15) is 0 Å². The summed E-state index contributed by atoms with van der Waals surface area (Å²) < 4.78 is 26.2. The van der Waals surface area contributed by atoms with Gasteiger partial charge in [-0.25, -0.2) is 13.8 Å². The van der Waals surface area contributed by atoms with Crippen molar-refractivity contribution in [1.29, 1.82) is 0 Å². The van der Waals surface area contributed by atoms with Crippen molar-refractivity contribution in [3.63, 3.8) is 0 Å². The molecule has 0 spiro atoms. The minimum absolute atomic E-state index is 0.0875. The summed E-state index contributed by atoms with van der Waals surface area (Å²) in [5.74, 6) is -3.39. The van der Waals surface area contributed by atoms with Gasteiger partial charge in [-0.1, -0.05) is 11.6 Å². The monoisotopic (exact) mass is 313 g/mol. The van der Waals surface area contributed by atoms with Crippen LogP contribution in [0, 0.1) is 21.7 Å². The zero-order valence-corrected chi connectivity index (χ0v) is 10.9. The van der Waals surface area contributed by atoms with Gasteiger partial charge in [-0.05, 0) is 18.2 Å². The first kappa shape index (κ1) is 14.8. The molecular weight excluding hydrogens is 308 g/mol. The summed E-state index contributed by atoms with van der Waals surface area (Å²) in [4.78, 5) is 25.5. The molecule has 1 amide bonds. The maximum Gasteiger partial charge on any atom is 0.311 e. The van der Waals surface area contributed by atoms with E-state index in [2.05, 4.69) is 10.3 Å². The fourth-order valence-corrected chi connectivity index (χ4v) is 1.66. The molecule has 0 aliphatic heterocycles. The third-order valence-corrected chi connectivity index (χ3v) is 2.65. The fraction of sp³-hybridized carbons (Fsp3) is 0. The van der Waals surface area contributed by atoms with E-state index in [0.29, 0.717) is 6.07 Å². The number of halogens is 3. The van der Waals surface area contributed by atoms with Crippen LogP contribution in [0.25, 0.3) is 0 Å². The second-order valence-corrected chi connectivity index (χ2v) is 4.22. The van der Waals surface area contributed by atoms with Gasteiger partial charge in [-0.3, -0.25) is 14.9 Å². The number of carbonyl (C=O) groups is 1. The molecule has 0 saturated heterocycles. The molecule has 0 bridgehead atoms. The molecule has 1 heterocycles. The van der Waals surface area contributed by atoms with Gasteiger partial charge in [0.15, 0.2) is 0 Å². The Morgan fingerprint density at radius 2 is 2.00 bits per heavy atom. The summed E-state index contributed by atoms with van der Waals surface area (Å²) in [6.45, 7) is 0. The van der Waals surface area contributed by atoms with E-state index in [0.717, 1.165) is 18.2 Å². The molecule has 0 aliphatic carbocycles. The summed E-state index contributed by atoms with van der Waals surface area (Å²) in [6, 6.07) is 4.54. The average Bonchev–Trinajstić information content (AvgIpc) is 2.37. The van der Waals surface area contributed by atoms with E-state index in [1.54, 1.807) is 0 Å². The second-order valence-electron chi connectivity index (χ2n) is 3.84. The molecule has 9 heteroatoms. The van der Waals surface area contributed by atoms with Gasteiger partial charge in [0.25, 0.3) is 5.91 Å². The van der Waals surface area contributed by atoms with E-state index >= 15 is 0 Å². The Hall–Kier alpha value is -2.61. The van der Waals surface area contributed by atoms with Gasteiger partial charge in [0.1, 0.15) is 16.8 Å². The van der Waals surface area contributed by atoms with Crippen molar-refractivity contribution in [2.75, 3.05) is 5.32 Å². The SMILES string of the molecule is O=C(Nc1nc(Cl)ccc1[N+](=O)[O-])c1ccc(F)cc1F. The predicted octanol–water partition coefficient (Wildman–Crippen LogP) is 3.17. The number of nitrogens with zero attached hydrogens (tertiary/aromatic N) is 2. The Morgan fingerprint density at radius 1 is 1.29 bits per heavy atom. The standard InChI is InChI=1S/C12H6ClF2N3O3/c13-10-4-3-9(18(20)21)11(16-10)17-12(19)7-2-1-6(14)5-8(7)15/h1-5H,(H,16,17,19). The van der Waals surface area contributed by atoms with Crippen molar-refractivity contribution in [3.8, 4) is 0 Å². The maximum absolute atomic E-state index is 13.5. The third kappa shape index (κ3) is 3.29. The van der Waals surface area contributed by atoms with Crippen molar-refractivity contribution >= 4 is 29.0 Å². The summed E-state index contributed by atoms with van der Waals surface area (Å²) in [5, 5.41) is 12.8. The van der Waals surface area contributed by atoms with Crippen LogP contribution in [0.15, 0.2) is 30.3 Å². The lowest BCUT2D eigenvalue weighted by Crippen LogP contribution is -2.16. The fourth-order valence-electron chi connectivity index (χ4n) is 1.52. The molecule has 0 unspecified atom stereocenters. The van der Waals surface area contributed by atoms with E-state index in [4.69, 9.17) is 11.6 Å². The number of rotatable bonds is 3. The number of nitrogens with one attached hydrogen (secondary N) is 1. The van der Waals surface area contributed by atoms with Crippen molar-refractivity contribution < 1.29 is 18.5 Å². The lowest BCUT2D eigenvalue weighted by Gasteiger charge is -2.06. The number of aromatic nitrogens is 1. The van der Waals surface area contributed by atoms with E-state index in [1.807, 2.05) is 0 Å². The van der Waals surface area contributed by atoms with E-state index in [9.17, 15) is 23.7 Å². The molecule has 21 heavy (non-hydrogen) atoms. The van der Waals surface area contributed by atoms with Crippen LogP contribution in [0.3, 0.4) is 0 Å². The number of nitro groups is 1. The van der Waals surface area contributed by atoms with E-state index in [-0.39, 0.29) is 5.15 Å². The highest BCUT2D eigenvalue weighted by molar-refractivity contribution is 6.29. The zero-order chi connectivity index (χ0) is 15.6. The quantitative estimate of drug-likeness (QED) is 0.536. The summed E-state index contributed by atoms with van der Waals surface area (Å²) in [6.07, 6.45) is 0. The Morgan fingerprint density at radius 3 is 2.62 bits per heavy atom. The zero-order valence-electron chi connectivity index (χ0n) is 10.1. The van der Waals surface area contributed by atoms with Crippen LogP contribution >= 0.6 is 11.6 Å². The molecule has 0 radical (unpaired) electrons. The molecule has 0 saturated carbocycles. The van der Waals surface area contributed by atoms with Gasteiger partial charge in [0.05, 0.1) is 10.5 Å². The van der Waals surface area contributed by atoms with Crippen LogP contribution in [0.1, 0.15) is 10.4 Å². The molecule has 0 aliphatic rings. The smallest absolute Gasteiger partial charge is 0.301 e. The first-order valence-electron chi connectivity index (χ1n) is 5.46. The first-order valence-corrected chi connectivity index (χ1v) is 5.83. The Bertz CT molecular complexity index is 740. The lowest BCUT2D eigenvalue weighted by molar-refractivity contribution is -0.384. The molecular formula is C12H6ClF2N3O3. The lowest BCUT2D eigenvalue weighted by atomic mass is 10.2. The van der Waals surface area contributed by atoms with Crippen LogP contribution in [-0.2, 0) is 0 Å². The molecule has 1 N–H and O–H groups in total. The summed E-state index contributed by atoms with van der Waals surface area (Å²) >= 11 is 5.59. The largest absolute Gasteiger partial charge is 0.311 e. The van der Waals surface area contributed by atoms with Crippen molar-refractivity contribution in [3.05, 3.63) is 62.8 Å². The van der Waals surface area contributed by atoms with Crippen LogP contribution in [0.2, 0.25) is 5.15 Å². The van der Waals surface area contributed by atoms with Crippen LogP contribution < -0.4 is 5.32 Å². The van der Waals surface area contributed by atoms with Gasteiger partial charge in [0, 0.05) is 12.1 Å². The van der Waals surface area contributed by atoms with Gasteiger partial charge in [-0.15, -0.1) is 0 Å². The van der Waals surface area contributed by atoms with Crippen molar-refractivity contribution in [2.24, 2.45) is 0 Å². The number of hydrogen-bond acceptors (Lipinski definition) is 4. The Balaban J connectivity index is 2.35. The van der Waals surface area contributed by atoms with E-state index < -0.39 is 39.5 Å². The van der Waals surface area contributed by atoms with Crippen LogP contribution in [0.4, 0.5) is 20.3 Å². The van der Waals surface area contributed by atoms with Gasteiger partial charge < -0.3 is 5.32 Å². The van der Waals surface area contributed by atoms with Crippen LogP contribution in [0.5, 0.6) is 0 Å². The molecule has 2 rings (SSSR count). The van der Waals surface area contributed by atoms with Gasteiger partial charge in [0.2, 0.25) is 5.82 Å². The minimum atomic E-state index is -1.10. The minimum Gasteiger partial charge on any atom is -0.301 e. The predicted molar refractivity (Wildman–Crippen MR) is 70.2 cm³/mol. The topological polar surface area (TPSA) is 85.1 Å². The normalized spacial score (nSPS) is 10.2. The molecule has 1 aromatic heterocycles. The second kappa shape index (κ2) is 5.80. The van der Waals surface area contributed by atoms with Crippen LogP contribution in [-0.4, -0.2) is 15.8 Å². The number of anilines is 1. The molecule has 2 aromatic rings. The third-order valence-electron chi connectivity index (χ3n) is 2.44. The highest BCUT2D eigenvalue weighted by Gasteiger charge is 2.20. The summed E-state index contributed by atoms with van der Waals surface area (Å²) in [7, 11) is 0. The Kier molecular flexibility index (Phi) is 4.08. The number of benzene rings is 1. The van der Waals surface area contributed by atoms with Gasteiger partial charge >= 0.3 is 5.69 Å². The molecule has 1 aromatic carbocycles. The highest BCUT2D eigenvalue weighted by atomic mass is 35.5. The number of carbonyl (C=O) groups excluding carboxylic acids is 1. The average molecular weight is 314 g/mol. The Labute approximate surface area is 121 Å². The summed E-state index contributed by atoms with van der Waals surface area (Å²) in [5.41, 5.74) is -0.984.